The van der Waals surface area contributed by atoms with E-state index in [-0.39, 0.29) is 35.3 Å². The van der Waals surface area contributed by atoms with Crippen LogP contribution < -0.4 is 10.6 Å². The van der Waals surface area contributed by atoms with Crippen LogP contribution in [0, 0.1) is 12.3 Å². The zero-order valence-electron chi connectivity index (χ0n) is 16.4. The summed E-state index contributed by atoms with van der Waals surface area (Å²) in [4.78, 5) is 28.2. The summed E-state index contributed by atoms with van der Waals surface area (Å²) in [5.74, 6) is -0.172. The summed E-state index contributed by atoms with van der Waals surface area (Å²) in [7, 11) is 0. The third-order valence-electron chi connectivity index (χ3n) is 5.88. The summed E-state index contributed by atoms with van der Waals surface area (Å²) in [6.45, 7) is 5.80. The first kappa shape index (κ1) is 21.5. The smallest absolute Gasteiger partial charge is 0.355 e. The first-order chi connectivity index (χ1) is 13.6. The van der Waals surface area contributed by atoms with Gasteiger partial charge in [0, 0.05) is 24.4 Å². The van der Waals surface area contributed by atoms with Gasteiger partial charge >= 0.3 is 6.18 Å². The number of carbonyl (C=O) groups is 2. The molecule has 1 aliphatic heterocycles. The highest BCUT2D eigenvalue weighted by Gasteiger charge is 2.61. The topological polar surface area (TPSA) is 71.1 Å². The van der Waals surface area contributed by atoms with Crippen molar-refractivity contribution in [2.45, 2.75) is 63.7 Å². The summed E-state index contributed by atoms with van der Waals surface area (Å²) in [6.07, 6.45) is 0.587. The van der Waals surface area contributed by atoms with Gasteiger partial charge in [0.2, 0.25) is 5.91 Å². The Kier molecular flexibility index (Phi) is 6.12. The molecule has 3 atom stereocenters. The average molecular weight is 409 g/mol. The number of alkyl halides is 3. The monoisotopic (exact) mass is 409 g/mol. The molecule has 0 bridgehead atoms. The number of carbonyl (C=O) groups excluding carboxylic acids is 2. The maximum Gasteiger partial charge on any atom is 0.433 e. The number of piperidine rings is 1. The third kappa shape index (κ3) is 5.04. The molecule has 1 aromatic heterocycles. The van der Waals surface area contributed by atoms with Crippen molar-refractivity contribution in [3.05, 3.63) is 41.7 Å². The molecule has 158 valence electrons. The number of unbranched alkanes of at least 4 members (excludes halogenated alkanes) is 1. The molecule has 2 aliphatic rings. The number of amides is 1. The summed E-state index contributed by atoms with van der Waals surface area (Å²) in [6, 6.07) is 2.03. The highest BCUT2D eigenvalue weighted by atomic mass is 19.4. The molecular weight excluding hydrogens is 383 g/mol. The standard InChI is InChI=1S/C21H26F3N3O2/c1-3-4-5-6-19(29)25-12-20-10-15(27-18(20)11-20)16(28)9-14-13(2)7-8-17(26-14)21(22,23)24/h3,7-8,15,18,27H,1,4-6,9-12H2,2H3,(H,25,29)/t15-,18+,20-/m0/s1. The van der Waals surface area contributed by atoms with Crippen LogP contribution in [0.4, 0.5) is 13.2 Å². The van der Waals surface area contributed by atoms with Crippen molar-refractivity contribution in [3.63, 3.8) is 0 Å². The zero-order chi connectivity index (χ0) is 21.2. The molecule has 1 aromatic rings. The fourth-order valence-corrected chi connectivity index (χ4v) is 3.96. The Labute approximate surface area is 168 Å². The predicted octanol–water partition coefficient (Wildman–Crippen LogP) is 3.11. The molecule has 29 heavy (non-hydrogen) atoms. The molecule has 1 saturated heterocycles. The number of nitrogens with zero attached hydrogens (tertiary/aromatic N) is 1. The summed E-state index contributed by atoms with van der Waals surface area (Å²) in [5, 5.41) is 6.21. The van der Waals surface area contributed by atoms with E-state index in [1.165, 1.54) is 6.07 Å². The SMILES string of the molecule is C=CCCCC(=O)NC[C@@]12C[C@@H](C(=O)Cc3nc(C(F)(F)F)ccc3C)N[C@@H]1C2. The number of rotatable bonds is 9. The van der Waals surface area contributed by atoms with Crippen molar-refractivity contribution < 1.29 is 22.8 Å². The van der Waals surface area contributed by atoms with Gasteiger partial charge in [0.15, 0.2) is 5.78 Å². The molecule has 5 nitrogen and oxygen atoms in total. The molecule has 2 N–H and O–H groups in total. The van der Waals surface area contributed by atoms with Crippen molar-refractivity contribution in [1.82, 2.24) is 15.6 Å². The van der Waals surface area contributed by atoms with Crippen LogP contribution in [0.15, 0.2) is 24.8 Å². The number of hydrogen-bond donors (Lipinski definition) is 2. The van der Waals surface area contributed by atoms with Crippen LogP contribution in [0.1, 0.15) is 49.1 Å². The first-order valence-corrected chi connectivity index (χ1v) is 9.85. The largest absolute Gasteiger partial charge is 0.433 e. The quantitative estimate of drug-likeness (QED) is 0.486. The highest BCUT2D eigenvalue weighted by Crippen LogP contribution is 2.54. The Bertz CT molecular complexity index is 809. The predicted molar refractivity (Wildman–Crippen MR) is 102 cm³/mol. The molecule has 2 fully saturated rings. The Morgan fingerprint density at radius 1 is 1.38 bits per heavy atom. The molecule has 1 amide bonds. The molecule has 0 radical (unpaired) electrons. The molecule has 8 heteroatoms. The summed E-state index contributed by atoms with van der Waals surface area (Å²) >= 11 is 0. The second-order valence-electron chi connectivity index (χ2n) is 8.10. The van der Waals surface area contributed by atoms with Crippen LogP contribution in [-0.4, -0.2) is 35.3 Å². The van der Waals surface area contributed by atoms with Crippen molar-refractivity contribution >= 4 is 11.7 Å². The zero-order valence-corrected chi connectivity index (χ0v) is 16.4. The van der Waals surface area contributed by atoms with Gasteiger partial charge in [-0.3, -0.25) is 9.59 Å². The molecule has 2 heterocycles. The van der Waals surface area contributed by atoms with Gasteiger partial charge < -0.3 is 10.6 Å². The Balaban J connectivity index is 1.54. The fourth-order valence-electron chi connectivity index (χ4n) is 3.96. The van der Waals surface area contributed by atoms with E-state index in [0.29, 0.717) is 24.9 Å². The lowest BCUT2D eigenvalue weighted by atomic mass is 9.95. The molecule has 0 spiro atoms. The Morgan fingerprint density at radius 3 is 2.83 bits per heavy atom. The number of Topliss-reactive ketones (excluding diaryl/α,β-unsaturated/α-hetero) is 1. The van der Waals surface area contributed by atoms with E-state index >= 15 is 0 Å². The van der Waals surface area contributed by atoms with Gasteiger partial charge in [0.1, 0.15) is 5.69 Å². The van der Waals surface area contributed by atoms with E-state index < -0.39 is 17.9 Å². The Hall–Kier alpha value is -2.22. The minimum Gasteiger partial charge on any atom is -0.355 e. The van der Waals surface area contributed by atoms with E-state index in [9.17, 15) is 22.8 Å². The first-order valence-electron chi connectivity index (χ1n) is 9.85. The van der Waals surface area contributed by atoms with Gasteiger partial charge in [-0.2, -0.15) is 13.2 Å². The fraction of sp³-hybridized carbons (Fsp3) is 0.571. The van der Waals surface area contributed by atoms with Gasteiger partial charge in [0.25, 0.3) is 0 Å². The summed E-state index contributed by atoms with van der Waals surface area (Å²) < 4.78 is 38.7. The molecule has 1 aliphatic carbocycles. The van der Waals surface area contributed by atoms with Gasteiger partial charge in [0.05, 0.1) is 18.2 Å². The highest BCUT2D eigenvalue weighted by molar-refractivity contribution is 5.87. The number of allylic oxidation sites excluding steroid dienone is 1. The third-order valence-corrected chi connectivity index (χ3v) is 5.88. The minimum absolute atomic E-state index is 0.00885. The number of nitrogens with one attached hydrogen (secondary N) is 2. The number of aromatic nitrogens is 1. The van der Waals surface area contributed by atoms with E-state index in [2.05, 4.69) is 22.2 Å². The van der Waals surface area contributed by atoms with Crippen molar-refractivity contribution in [2.24, 2.45) is 5.41 Å². The van der Waals surface area contributed by atoms with Gasteiger partial charge in [-0.15, -0.1) is 6.58 Å². The lowest BCUT2D eigenvalue weighted by molar-refractivity contribution is -0.141. The molecule has 3 rings (SSSR count). The molecule has 1 saturated carbocycles. The van der Waals surface area contributed by atoms with Crippen LogP contribution >= 0.6 is 0 Å². The number of hydrogen-bond acceptors (Lipinski definition) is 4. The van der Waals surface area contributed by atoms with Gasteiger partial charge in [-0.1, -0.05) is 12.1 Å². The number of aryl methyl sites for hydroxylation is 1. The van der Waals surface area contributed by atoms with Crippen molar-refractivity contribution in [1.29, 1.82) is 0 Å². The van der Waals surface area contributed by atoms with E-state index in [1.54, 1.807) is 13.0 Å². The lowest BCUT2D eigenvalue weighted by Crippen LogP contribution is -2.35. The number of ketones is 1. The lowest BCUT2D eigenvalue weighted by Gasteiger charge is -2.17. The van der Waals surface area contributed by atoms with Crippen LogP contribution in [0.5, 0.6) is 0 Å². The van der Waals surface area contributed by atoms with Crippen LogP contribution in [-0.2, 0) is 22.2 Å². The molecule has 0 unspecified atom stereocenters. The van der Waals surface area contributed by atoms with E-state index in [4.69, 9.17) is 0 Å². The molecule has 0 aromatic carbocycles. The second kappa shape index (κ2) is 8.26. The maximum atomic E-state index is 12.9. The number of pyridine rings is 1. The van der Waals surface area contributed by atoms with Gasteiger partial charge in [-0.05, 0) is 44.2 Å². The normalized spacial score (nSPS) is 25.4. The Morgan fingerprint density at radius 2 is 2.14 bits per heavy atom. The maximum absolute atomic E-state index is 12.9. The van der Waals surface area contributed by atoms with Crippen LogP contribution in [0.25, 0.3) is 0 Å². The van der Waals surface area contributed by atoms with Gasteiger partial charge in [-0.25, -0.2) is 4.98 Å². The van der Waals surface area contributed by atoms with E-state index in [0.717, 1.165) is 25.3 Å². The number of halogens is 3. The van der Waals surface area contributed by atoms with E-state index in [1.807, 2.05) is 0 Å². The van der Waals surface area contributed by atoms with Crippen LogP contribution in [0.2, 0.25) is 0 Å². The average Bonchev–Trinajstić information content (AvgIpc) is 3.21. The summed E-state index contributed by atoms with van der Waals surface area (Å²) in [5.41, 5.74) is -0.374. The van der Waals surface area contributed by atoms with Crippen molar-refractivity contribution in [2.75, 3.05) is 6.54 Å². The minimum atomic E-state index is -4.54. The molecular formula is C21H26F3N3O2. The van der Waals surface area contributed by atoms with Crippen LogP contribution in [0.3, 0.4) is 0 Å². The number of fused-ring (bicyclic) bond motifs is 1. The second-order valence-corrected chi connectivity index (χ2v) is 8.10. The van der Waals surface area contributed by atoms with Crippen molar-refractivity contribution in [3.8, 4) is 0 Å².